The average molecular weight is 337 g/mol. The van der Waals surface area contributed by atoms with E-state index in [9.17, 15) is 5.11 Å². The highest BCUT2D eigenvalue weighted by Gasteiger charge is 2.59. The van der Waals surface area contributed by atoms with E-state index < -0.39 is 0 Å². The monoisotopic (exact) mass is 336 g/mol. The number of aliphatic hydroxyl groups excluding tert-OH is 1. The van der Waals surface area contributed by atoms with Gasteiger partial charge in [-0.25, -0.2) is 0 Å². The van der Waals surface area contributed by atoms with Crippen molar-refractivity contribution in [2.75, 3.05) is 13.9 Å². The quantitative estimate of drug-likeness (QED) is 0.777. The van der Waals surface area contributed by atoms with Crippen LogP contribution in [0.3, 0.4) is 0 Å². The van der Waals surface area contributed by atoms with Crippen LogP contribution >= 0.6 is 0 Å². The smallest absolute Gasteiger partial charge is 0.146 e. The van der Waals surface area contributed by atoms with Crippen molar-refractivity contribution in [1.82, 2.24) is 0 Å². The number of aliphatic hydroxyl groups is 1. The molecule has 0 saturated heterocycles. The standard InChI is InChI=1S/C21H36O3/c1-20-8-7-18-17(19(20)11-15(22)12-20)5-4-14-10-16(24-13-23-3)6-9-21(14,18)2/h14-19,22H,4-13H2,1-3H3/t14?,15?,16?,17-,18+,19+,20-,21+/m1/s1. The summed E-state index contributed by atoms with van der Waals surface area (Å²) in [5.74, 6) is 3.33. The molecular weight excluding hydrogens is 300 g/mol. The van der Waals surface area contributed by atoms with Crippen molar-refractivity contribution < 1.29 is 14.6 Å². The summed E-state index contributed by atoms with van der Waals surface area (Å²) in [4.78, 5) is 0. The molecule has 138 valence electrons. The molecule has 4 rings (SSSR count). The van der Waals surface area contributed by atoms with Crippen molar-refractivity contribution >= 4 is 0 Å². The lowest BCUT2D eigenvalue weighted by Crippen LogP contribution is -2.53. The molecule has 0 heterocycles. The van der Waals surface area contributed by atoms with Crippen molar-refractivity contribution in [2.24, 2.45) is 34.5 Å². The van der Waals surface area contributed by atoms with Crippen LogP contribution in [0.5, 0.6) is 0 Å². The van der Waals surface area contributed by atoms with Gasteiger partial charge in [0.25, 0.3) is 0 Å². The molecule has 0 amide bonds. The second-order valence-corrected chi connectivity index (χ2v) is 9.91. The van der Waals surface area contributed by atoms with Gasteiger partial charge >= 0.3 is 0 Å². The highest BCUT2D eigenvalue weighted by Crippen LogP contribution is 2.66. The number of hydrogen-bond donors (Lipinski definition) is 1. The lowest BCUT2D eigenvalue weighted by atomic mass is 9.45. The van der Waals surface area contributed by atoms with Crippen LogP contribution in [0.1, 0.15) is 71.6 Å². The fourth-order valence-electron chi connectivity index (χ4n) is 7.56. The van der Waals surface area contributed by atoms with E-state index in [1.165, 1.54) is 44.9 Å². The van der Waals surface area contributed by atoms with Crippen molar-refractivity contribution in [2.45, 2.75) is 83.8 Å². The summed E-state index contributed by atoms with van der Waals surface area (Å²) in [5, 5.41) is 10.3. The van der Waals surface area contributed by atoms with Crippen molar-refractivity contribution in [3.8, 4) is 0 Å². The molecule has 0 aliphatic heterocycles. The maximum absolute atomic E-state index is 10.3. The molecule has 0 spiro atoms. The lowest BCUT2D eigenvalue weighted by Gasteiger charge is -2.60. The summed E-state index contributed by atoms with van der Waals surface area (Å²) in [6.07, 6.45) is 11.7. The fraction of sp³-hybridized carbons (Fsp3) is 1.00. The van der Waals surface area contributed by atoms with Crippen LogP contribution < -0.4 is 0 Å². The van der Waals surface area contributed by atoms with E-state index in [0.29, 0.717) is 23.7 Å². The number of fused-ring (bicyclic) bond motifs is 5. The second kappa shape index (κ2) is 6.25. The summed E-state index contributed by atoms with van der Waals surface area (Å²) in [6.45, 7) is 5.50. The van der Waals surface area contributed by atoms with Gasteiger partial charge in [0, 0.05) is 7.11 Å². The van der Waals surface area contributed by atoms with Crippen LogP contribution in [0.2, 0.25) is 0 Å². The Hall–Kier alpha value is -0.120. The van der Waals surface area contributed by atoms with Gasteiger partial charge in [0.2, 0.25) is 0 Å². The Morgan fingerprint density at radius 3 is 2.62 bits per heavy atom. The predicted octanol–water partition coefficient (Wildman–Crippen LogP) is 4.38. The Morgan fingerprint density at radius 1 is 1.00 bits per heavy atom. The van der Waals surface area contributed by atoms with Crippen LogP contribution in [0.15, 0.2) is 0 Å². The van der Waals surface area contributed by atoms with Gasteiger partial charge in [-0.05, 0) is 92.3 Å². The third-order valence-electron chi connectivity index (χ3n) is 8.79. The Labute approximate surface area is 147 Å². The van der Waals surface area contributed by atoms with Crippen molar-refractivity contribution in [3.63, 3.8) is 0 Å². The van der Waals surface area contributed by atoms with Crippen LogP contribution in [0.25, 0.3) is 0 Å². The number of rotatable bonds is 3. The fourth-order valence-corrected chi connectivity index (χ4v) is 7.56. The van der Waals surface area contributed by atoms with Gasteiger partial charge in [0.1, 0.15) is 6.79 Å². The van der Waals surface area contributed by atoms with Crippen molar-refractivity contribution in [3.05, 3.63) is 0 Å². The molecule has 0 aromatic heterocycles. The van der Waals surface area contributed by atoms with E-state index in [1.54, 1.807) is 7.11 Å². The largest absolute Gasteiger partial charge is 0.393 e. The zero-order valence-electron chi connectivity index (χ0n) is 15.8. The Bertz CT molecular complexity index is 466. The summed E-state index contributed by atoms with van der Waals surface area (Å²) < 4.78 is 11.0. The summed E-state index contributed by atoms with van der Waals surface area (Å²) in [5.41, 5.74) is 0.924. The van der Waals surface area contributed by atoms with Gasteiger partial charge in [-0.1, -0.05) is 13.8 Å². The first-order valence-corrected chi connectivity index (χ1v) is 10.2. The molecule has 0 aromatic rings. The number of ether oxygens (including phenoxy) is 2. The first-order valence-electron chi connectivity index (χ1n) is 10.2. The molecule has 8 atom stereocenters. The highest BCUT2D eigenvalue weighted by molar-refractivity contribution is 5.08. The maximum atomic E-state index is 10.3. The molecular formula is C21H36O3. The molecule has 4 fully saturated rings. The minimum atomic E-state index is -0.0394. The van der Waals surface area contributed by atoms with Crippen LogP contribution in [0, 0.1) is 34.5 Å². The van der Waals surface area contributed by atoms with E-state index in [2.05, 4.69) is 13.8 Å². The molecule has 4 saturated carbocycles. The third kappa shape index (κ3) is 2.66. The van der Waals surface area contributed by atoms with Gasteiger partial charge in [-0.3, -0.25) is 0 Å². The molecule has 3 unspecified atom stereocenters. The van der Waals surface area contributed by atoms with Gasteiger partial charge in [-0.2, -0.15) is 0 Å². The predicted molar refractivity (Wildman–Crippen MR) is 94.5 cm³/mol. The molecule has 0 bridgehead atoms. The molecule has 3 heteroatoms. The Balaban J connectivity index is 1.50. The Morgan fingerprint density at radius 2 is 1.83 bits per heavy atom. The van der Waals surface area contributed by atoms with Gasteiger partial charge in [0.05, 0.1) is 12.2 Å². The summed E-state index contributed by atoms with van der Waals surface area (Å²) in [6, 6.07) is 0. The van der Waals surface area contributed by atoms with E-state index in [0.717, 1.165) is 36.5 Å². The van der Waals surface area contributed by atoms with Crippen LogP contribution in [-0.2, 0) is 9.47 Å². The third-order valence-corrected chi connectivity index (χ3v) is 8.79. The first-order chi connectivity index (χ1) is 11.5. The highest BCUT2D eigenvalue weighted by atomic mass is 16.7. The number of hydrogen-bond acceptors (Lipinski definition) is 3. The number of methoxy groups -OCH3 is 1. The van der Waals surface area contributed by atoms with E-state index >= 15 is 0 Å². The van der Waals surface area contributed by atoms with Gasteiger partial charge < -0.3 is 14.6 Å². The minimum Gasteiger partial charge on any atom is -0.393 e. The second-order valence-electron chi connectivity index (χ2n) is 9.91. The SMILES string of the molecule is COCOC1CC[C@@]2(C)C(CC[C@H]3[C@@H]4CC(O)C[C@@]4(C)CC[C@@H]32)C1. The first kappa shape index (κ1) is 17.3. The Kier molecular flexibility index (Phi) is 4.50. The minimum absolute atomic E-state index is 0.0394. The maximum Gasteiger partial charge on any atom is 0.146 e. The topological polar surface area (TPSA) is 38.7 Å². The van der Waals surface area contributed by atoms with E-state index in [4.69, 9.17) is 9.47 Å². The molecule has 4 aliphatic carbocycles. The van der Waals surface area contributed by atoms with E-state index in [-0.39, 0.29) is 6.10 Å². The zero-order chi connectivity index (χ0) is 16.9. The molecule has 24 heavy (non-hydrogen) atoms. The molecule has 3 nitrogen and oxygen atoms in total. The summed E-state index contributed by atoms with van der Waals surface area (Å²) >= 11 is 0. The van der Waals surface area contributed by atoms with Crippen LogP contribution in [0.4, 0.5) is 0 Å². The summed E-state index contributed by atoms with van der Waals surface area (Å²) in [7, 11) is 1.72. The molecule has 1 N–H and O–H groups in total. The molecule has 4 aliphatic rings. The normalized spacial score (nSPS) is 54.0. The zero-order valence-corrected chi connectivity index (χ0v) is 15.8. The average Bonchev–Trinajstić information content (AvgIpc) is 2.87. The van der Waals surface area contributed by atoms with Gasteiger partial charge in [-0.15, -0.1) is 0 Å². The lowest BCUT2D eigenvalue weighted by molar-refractivity contribution is -0.149. The van der Waals surface area contributed by atoms with E-state index in [1.807, 2.05) is 0 Å². The van der Waals surface area contributed by atoms with Crippen LogP contribution in [-0.4, -0.2) is 31.2 Å². The van der Waals surface area contributed by atoms with Gasteiger partial charge in [0.15, 0.2) is 0 Å². The molecule has 0 aromatic carbocycles. The molecule has 0 radical (unpaired) electrons. The van der Waals surface area contributed by atoms with Crippen molar-refractivity contribution in [1.29, 1.82) is 0 Å².